The Morgan fingerprint density at radius 3 is 2.24 bits per heavy atom. The van der Waals surface area contributed by atoms with E-state index in [9.17, 15) is 4.79 Å². The van der Waals surface area contributed by atoms with Crippen molar-refractivity contribution in [3.8, 4) is 0 Å². The van der Waals surface area contributed by atoms with Gasteiger partial charge in [0.2, 0.25) is 0 Å². The number of rotatable bonds is 5. The Morgan fingerprint density at radius 1 is 1.29 bits per heavy atom. The van der Waals surface area contributed by atoms with E-state index in [4.69, 9.17) is 4.74 Å². The van der Waals surface area contributed by atoms with Crippen molar-refractivity contribution in [3.63, 3.8) is 0 Å². The fourth-order valence-electron chi connectivity index (χ4n) is 2.65. The van der Waals surface area contributed by atoms with Gasteiger partial charge in [0.1, 0.15) is 5.60 Å². The molecule has 0 aromatic rings. The van der Waals surface area contributed by atoms with Crippen LogP contribution in [0.1, 0.15) is 73.1 Å². The lowest BCUT2D eigenvalue weighted by molar-refractivity contribution is -0.179. The fourth-order valence-corrected chi connectivity index (χ4v) is 2.65. The molecule has 0 radical (unpaired) electrons. The number of carbonyl (C=O) groups is 1. The molecule has 0 aliphatic heterocycles. The molecular formula is C15H28O2. The minimum absolute atomic E-state index is 0.00377. The van der Waals surface area contributed by atoms with E-state index in [1.165, 1.54) is 12.8 Å². The highest BCUT2D eigenvalue weighted by atomic mass is 16.6. The van der Waals surface area contributed by atoms with E-state index in [0.717, 1.165) is 25.7 Å². The molecule has 1 atom stereocenters. The predicted molar refractivity (Wildman–Crippen MR) is 70.8 cm³/mol. The number of hydrogen-bond acceptors (Lipinski definition) is 2. The van der Waals surface area contributed by atoms with Crippen molar-refractivity contribution >= 4 is 5.97 Å². The van der Waals surface area contributed by atoms with Crippen LogP contribution in [0, 0.1) is 11.3 Å². The maximum atomic E-state index is 12.1. The van der Waals surface area contributed by atoms with E-state index in [2.05, 4.69) is 20.8 Å². The molecule has 17 heavy (non-hydrogen) atoms. The van der Waals surface area contributed by atoms with Crippen LogP contribution in [0.2, 0.25) is 0 Å². The lowest BCUT2D eigenvalue weighted by atomic mass is 9.71. The maximum absolute atomic E-state index is 12.1. The topological polar surface area (TPSA) is 26.3 Å². The smallest absolute Gasteiger partial charge is 0.309 e. The van der Waals surface area contributed by atoms with Crippen LogP contribution in [0.3, 0.4) is 0 Å². The largest absolute Gasteiger partial charge is 0.458 e. The molecule has 1 fully saturated rings. The third kappa shape index (κ3) is 2.83. The Labute approximate surface area is 106 Å². The molecule has 0 N–H and O–H groups in total. The van der Waals surface area contributed by atoms with E-state index < -0.39 is 0 Å². The minimum atomic E-state index is -0.206. The van der Waals surface area contributed by atoms with Gasteiger partial charge in [-0.2, -0.15) is 0 Å². The highest BCUT2D eigenvalue weighted by molar-refractivity contribution is 5.72. The molecule has 0 aromatic carbocycles. The molecule has 0 heterocycles. The van der Waals surface area contributed by atoms with Crippen LogP contribution in [0.5, 0.6) is 0 Å². The van der Waals surface area contributed by atoms with Crippen LogP contribution in [-0.4, -0.2) is 11.6 Å². The van der Waals surface area contributed by atoms with Crippen molar-refractivity contribution in [1.29, 1.82) is 0 Å². The summed E-state index contributed by atoms with van der Waals surface area (Å²) in [6.45, 7) is 10.7. The van der Waals surface area contributed by atoms with Gasteiger partial charge in [-0.25, -0.2) is 0 Å². The SMILES string of the molecule is CCC(C)C(=O)OC1(C(C)(C)CC)CCCC1. The van der Waals surface area contributed by atoms with Gasteiger partial charge in [0.05, 0.1) is 5.92 Å². The summed E-state index contributed by atoms with van der Waals surface area (Å²) in [4.78, 5) is 12.1. The summed E-state index contributed by atoms with van der Waals surface area (Å²) < 4.78 is 5.97. The van der Waals surface area contributed by atoms with Gasteiger partial charge in [-0.1, -0.05) is 34.6 Å². The maximum Gasteiger partial charge on any atom is 0.309 e. The van der Waals surface area contributed by atoms with Gasteiger partial charge in [-0.15, -0.1) is 0 Å². The first-order valence-corrected chi connectivity index (χ1v) is 7.11. The Balaban J connectivity index is 2.83. The van der Waals surface area contributed by atoms with Gasteiger partial charge >= 0.3 is 5.97 Å². The summed E-state index contributed by atoms with van der Waals surface area (Å²) in [6, 6.07) is 0. The molecule has 1 aliphatic rings. The van der Waals surface area contributed by atoms with Crippen LogP contribution < -0.4 is 0 Å². The first kappa shape index (κ1) is 14.5. The van der Waals surface area contributed by atoms with Crippen LogP contribution in [-0.2, 0) is 9.53 Å². The van der Waals surface area contributed by atoms with Gasteiger partial charge in [-0.3, -0.25) is 4.79 Å². The number of hydrogen-bond donors (Lipinski definition) is 0. The molecule has 2 nitrogen and oxygen atoms in total. The van der Waals surface area contributed by atoms with E-state index in [0.29, 0.717) is 0 Å². The first-order chi connectivity index (χ1) is 7.88. The molecule has 1 aliphatic carbocycles. The summed E-state index contributed by atoms with van der Waals surface area (Å²) in [7, 11) is 0. The second kappa shape index (κ2) is 5.41. The van der Waals surface area contributed by atoms with E-state index in [1.807, 2.05) is 13.8 Å². The summed E-state index contributed by atoms with van der Waals surface area (Å²) in [5, 5.41) is 0. The molecule has 0 saturated heterocycles. The van der Waals surface area contributed by atoms with Crippen molar-refractivity contribution in [2.24, 2.45) is 11.3 Å². The van der Waals surface area contributed by atoms with Gasteiger partial charge in [0, 0.05) is 5.41 Å². The van der Waals surface area contributed by atoms with Gasteiger partial charge in [-0.05, 0) is 38.5 Å². The summed E-state index contributed by atoms with van der Waals surface area (Å²) in [5.74, 6) is 0.0241. The predicted octanol–water partition coefficient (Wildman–Crippen LogP) is 4.32. The molecule has 1 unspecified atom stereocenters. The monoisotopic (exact) mass is 240 g/mol. The lowest BCUT2D eigenvalue weighted by Gasteiger charge is -2.43. The Morgan fingerprint density at radius 2 is 1.82 bits per heavy atom. The Kier molecular flexibility index (Phi) is 4.62. The van der Waals surface area contributed by atoms with Gasteiger partial charge in [0.15, 0.2) is 0 Å². The number of ether oxygens (including phenoxy) is 1. The molecule has 0 spiro atoms. The Hall–Kier alpha value is -0.530. The summed E-state index contributed by atoms with van der Waals surface area (Å²) >= 11 is 0. The first-order valence-electron chi connectivity index (χ1n) is 7.11. The average Bonchev–Trinajstić information content (AvgIpc) is 2.78. The molecule has 2 heteroatoms. The van der Waals surface area contributed by atoms with E-state index in [-0.39, 0.29) is 22.9 Å². The van der Waals surface area contributed by atoms with Crippen molar-refractivity contribution in [2.45, 2.75) is 78.7 Å². The highest BCUT2D eigenvalue weighted by Gasteiger charge is 2.49. The van der Waals surface area contributed by atoms with E-state index in [1.54, 1.807) is 0 Å². The van der Waals surface area contributed by atoms with Gasteiger partial charge in [0.25, 0.3) is 0 Å². The molecule has 1 rings (SSSR count). The van der Waals surface area contributed by atoms with Crippen LogP contribution >= 0.6 is 0 Å². The Bertz CT molecular complexity index is 262. The molecule has 100 valence electrons. The van der Waals surface area contributed by atoms with Crippen LogP contribution in [0.4, 0.5) is 0 Å². The zero-order valence-electron chi connectivity index (χ0n) is 12.1. The van der Waals surface area contributed by atoms with Crippen molar-refractivity contribution in [3.05, 3.63) is 0 Å². The van der Waals surface area contributed by atoms with E-state index >= 15 is 0 Å². The molecule has 0 amide bonds. The zero-order valence-corrected chi connectivity index (χ0v) is 12.1. The quantitative estimate of drug-likeness (QED) is 0.669. The third-order valence-electron chi connectivity index (χ3n) is 4.84. The normalized spacial score (nSPS) is 21.2. The average molecular weight is 240 g/mol. The standard InChI is InChI=1S/C15H28O2/c1-6-12(3)13(16)17-15(10-8-9-11-15)14(4,5)7-2/h12H,6-11H2,1-5H3. The van der Waals surface area contributed by atoms with Crippen molar-refractivity contribution in [1.82, 2.24) is 0 Å². The molecule has 0 bridgehead atoms. The zero-order chi connectivity index (χ0) is 13.1. The summed E-state index contributed by atoms with van der Waals surface area (Å²) in [6.07, 6.45) is 6.38. The van der Waals surface area contributed by atoms with Crippen LogP contribution in [0.15, 0.2) is 0 Å². The van der Waals surface area contributed by atoms with Crippen LogP contribution in [0.25, 0.3) is 0 Å². The lowest BCUT2D eigenvalue weighted by Crippen LogP contribution is -2.46. The second-order valence-electron chi connectivity index (χ2n) is 6.17. The fraction of sp³-hybridized carbons (Fsp3) is 0.933. The van der Waals surface area contributed by atoms with Gasteiger partial charge < -0.3 is 4.74 Å². The van der Waals surface area contributed by atoms with Crippen molar-refractivity contribution in [2.75, 3.05) is 0 Å². The molecule has 0 aromatic heterocycles. The number of esters is 1. The minimum Gasteiger partial charge on any atom is -0.458 e. The third-order valence-corrected chi connectivity index (χ3v) is 4.84. The number of carbonyl (C=O) groups excluding carboxylic acids is 1. The highest BCUT2D eigenvalue weighted by Crippen LogP contribution is 2.48. The molecule has 1 saturated carbocycles. The summed E-state index contributed by atoms with van der Waals surface area (Å²) in [5.41, 5.74) is -0.116. The van der Waals surface area contributed by atoms with Crippen molar-refractivity contribution < 1.29 is 9.53 Å². The molecular weight excluding hydrogens is 212 g/mol. The second-order valence-corrected chi connectivity index (χ2v) is 6.17.